The monoisotopic (exact) mass is 458 g/mol. The van der Waals surface area contributed by atoms with Crippen molar-refractivity contribution >= 4 is 17.3 Å². The number of carbonyl (C=O) groups excluding carboxylic acids is 1. The van der Waals surface area contributed by atoms with Crippen LogP contribution in [0, 0.1) is 10.1 Å². The van der Waals surface area contributed by atoms with Crippen LogP contribution in [0.3, 0.4) is 0 Å². The molecule has 0 radical (unpaired) electrons. The third kappa shape index (κ3) is 4.20. The van der Waals surface area contributed by atoms with E-state index in [0.29, 0.717) is 29.3 Å². The lowest BCUT2D eigenvalue weighted by molar-refractivity contribution is -0.384. The van der Waals surface area contributed by atoms with E-state index in [1.807, 2.05) is 48.5 Å². The molecule has 34 heavy (non-hydrogen) atoms. The molecule has 0 aliphatic carbocycles. The minimum Gasteiger partial charge on any atom is -0.454 e. The topological polar surface area (TPSA) is 97.5 Å². The number of hydrogen-bond donors (Lipinski definition) is 0. The number of amides is 1. The van der Waals surface area contributed by atoms with Crippen LogP contribution >= 0.6 is 0 Å². The average molecular weight is 458 g/mol. The third-order valence-electron chi connectivity index (χ3n) is 5.85. The maximum Gasteiger partial charge on any atom is 0.269 e. The first-order valence-corrected chi connectivity index (χ1v) is 10.8. The van der Waals surface area contributed by atoms with E-state index in [-0.39, 0.29) is 24.9 Å². The van der Waals surface area contributed by atoms with E-state index in [4.69, 9.17) is 9.47 Å². The highest BCUT2D eigenvalue weighted by atomic mass is 16.7. The number of fused-ring (bicyclic) bond motifs is 1. The molecule has 1 amide bonds. The summed E-state index contributed by atoms with van der Waals surface area (Å²) in [6, 6.07) is 21.7. The number of nitro benzene ring substituents is 1. The van der Waals surface area contributed by atoms with Gasteiger partial charge < -0.3 is 9.47 Å². The maximum absolute atomic E-state index is 13.1. The van der Waals surface area contributed by atoms with Crippen LogP contribution in [0.4, 0.5) is 5.69 Å². The van der Waals surface area contributed by atoms with Crippen LogP contribution in [-0.4, -0.2) is 39.8 Å². The number of benzene rings is 3. The van der Waals surface area contributed by atoms with Crippen LogP contribution in [0.1, 0.15) is 29.8 Å². The second kappa shape index (κ2) is 8.95. The highest BCUT2D eigenvalue weighted by Crippen LogP contribution is 2.39. The van der Waals surface area contributed by atoms with Crippen molar-refractivity contribution < 1.29 is 19.2 Å². The highest BCUT2D eigenvalue weighted by molar-refractivity contribution is 5.99. The molecule has 172 valence electrons. The first-order valence-electron chi connectivity index (χ1n) is 10.8. The lowest BCUT2D eigenvalue weighted by Crippen LogP contribution is -2.29. The van der Waals surface area contributed by atoms with Crippen LogP contribution in [-0.2, 0) is 11.3 Å². The lowest BCUT2D eigenvalue weighted by Gasteiger charge is -2.28. The zero-order valence-corrected chi connectivity index (χ0v) is 18.5. The first-order chi connectivity index (χ1) is 16.5. The predicted molar refractivity (Wildman–Crippen MR) is 124 cm³/mol. The van der Waals surface area contributed by atoms with Gasteiger partial charge in [-0.15, -0.1) is 0 Å². The molecule has 2 aliphatic rings. The Hall–Kier alpha value is -4.24. The van der Waals surface area contributed by atoms with Crippen LogP contribution in [0.25, 0.3) is 0 Å². The zero-order chi connectivity index (χ0) is 23.7. The van der Waals surface area contributed by atoms with E-state index in [1.165, 1.54) is 17.1 Å². The summed E-state index contributed by atoms with van der Waals surface area (Å²) >= 11 is 0. The molecule has 3 aromatic rings. The Morgan fingerprint density at radius 1 is 1.06 bits per heavy atom. The van der Waals surface area contributed by atoms with Gasteiger partial charge in [0.25, 0.3) is 11.6 Å². The number of hydrazone groups is 1. The van der Waals surface area contributed by atoms with E-state index in [2.05, 4.69) is 10.0 Å². The summed E-state index contributed by atoms with van der Waals surface area (Å²) < 4.78 is 11.0. The van der Waals surface area contributed by atoms with Crippen molar-refractivity contribution in [3.63, 3.8) is 0 Å². The molecule has 5 rings (SSSR count). The zero-order valence-electron chi connectivity index (χ0n) is 18.5. The molecule has 0 bridgehead atoms. The summed E-state index contributed by atoms with van der Waals surface area (Å²) in [4.78, 5) is 25.7. The summed E-state index contributed by atoms with van der Waals surface area (Å²) in [6.07, 6.45) is -0.449. The molecule has 1 saturated heterocycles. The number of nitrogens with zero attached hydrogens (tertiary/aromatic N) is 4. The molecule has 0 spiro atoms. The van der Waals surface area contributed by atoms with E-state index in [0.717, 1.165) is 11.1 Å². The summed E-state index contributed by atoms with van der Waals surface area (Å²) in [5.74, 6) is 1.16. The van der Waals surface area contributed by atoms with Gasteiger partial charge in [0, 0.05) is 18.7 Å². The number of carbonyl (C=O) groups is 1. The van der Waals surface area contributed by atoms with Gasteiger partial charge in [-0.05, 0) is 47.9 Å². The molecular weight excluding hydrogens is 436 g/mol. The SMILES string of the molecule is C/C(=N/N1C(=O)CN(Cc2ccccc2)[C@@H]1c1ccc2c(c1)OCO2)c1ccc([N+](=O)[O-])cc1. The highest BCUT2D eigenvalue weighted by Gasteiger charge is 2.40. The smallest absolute Gasteiger partial charge is 0.269 e. The summed E-state index contributed by atoms with van der Waals surface area (Å²) in [5.41, 5.74) is 3.21. The Labute approximate surface area is 196 Å². The molecular formula is C25H22N4O5. The molecule has 1 atom stereocenters. The number of hydrogen-bond acceptors (Lipinski definition) is 7. The van der Waals surface area contributed by atoms with E-state index in [1.54, 1.807) is 19.1 Å². The largest absolute Gasteiger partial charge is 0.454 e. The van der Waals surface area contributed by atoms with Crippen molar-refractivity contribution in [3.05, 3.63) is 99.6 Å². The molecule has 9 nitrogen and oxygen atoms in total. The second-order valence-electron chi connectivity index (χ2n) is 8.10. The number of non-ortho nitro benzene ring substituents is 1. The van der Waals surface area contributed by atoms with Crippen molar-refractivity contribution in [2.24, 2.45) is 5.10 Å². The van der Waals surface area contributed by atoms with Gasteiger partial charge in [-0.1, -0.05) is 36.4 Å². The van der Waals surface area contributed by atoms with Gasteiger partial charge in [0.05, 0.1) is 17.2 Å². The molecule has 1 fully saturated rings. The van der Waals surface area contributed by atoms with Crippen LogP contribution in [0.15, 0.2) is 77.9 Å². The molecule has 0 unspecified atom stereocenters. The molecule has 0 N–H and O–H groups in total. The standard InChI is InChI=1S/C25H22N4O5/c1-17(19-7-10-21(11-8-19)29(31)32)26-28-24(30)15-27(14-18-5-3-2-4-6-18)25(28)20-9-12-22-23(13-20)34-16-33-22/h2-13,25H,14-16H2,1H3/b26-17-/t25-/m0/s1. The first kappa shape index (κ1) is 21.6. The van der Waals surface area contributed by atoms with Crippen LogP contribution in [0.5, 0.6) is 11.5 Å². The second-order valence-corrected chi connectivity index (χ2v) is 8.10. The number of nitro groups is 1. The van der Waals surface area contributed by atoms with Gasteiger partial charge in [0.2, 0.25) is 6.79 Å². The minimum atomic E-state index is -0.449. The predicted octanol–water partition coefficient (Wildman–Crippen LogP) is 4.09. The van der Waals surface area contributed by atoms with Crippen LogP contribution < -0.4 is 9.47 Å². The average Bonchev–Trinajstić information content (AvgIpc) is 3.43. The van der Waals surface area contributed by atoms with Gasteiger partial charge in [0.1, 0.15) is 6.17 Å². The fraction of sp³-hybridized carbons (Fsp3) is 0.200. The van der Waals surface area contributed by atoms with Crippen molar-refractivity contribution in [2.75, 3.05) is 13.3 Å². The molecule has 2 aliphatic heterocycles. The van der Waals surface area contributed by atoms with Gasteiger partial charge in [-0.25, -0.2) is 5.01 Å². The fourth-order valence-corrected chi connectivity index (χ4v) is 4.16. The van der Waals surface area contributed by atoms with E-state index >= 15 is 0 Å². The molecule has 0 aromatic heterocycles. The molecule has 2 heterocycles. The molecule has 9 heteroatoms. The van der Waals surface area contributed by atoms with E-state index < -0.39 is 11.1 Å². The quantitative estimate of drug-likeness (QED) is 0.314. The van der Waals surface area contributed by atoms with Gasteiger partial charge in [0.15, 0.2) is 11.5 Å². The Balaban J connectivity index is 1.50. The maximum atomic E-state index is 13.1. The van der Waals surface area contributed by atoms with Crippen molar-refractivity contribution in [2.45, 2.75) is 19.6 Å². The lowest BCUT2D eigenvalue weighted by atomic mass is 10.1. The Bertz CT molecular complexity index is 1260. The number of rotatable bonds is 6. The minimum absolute atomic E-state index is 0.000992. The normalized spacial score (nSPS) is 17.9. The van der Waals surface area contributed by atoms with Crippen molar-refractivity contribution in [1.29, 1.82) is 0 Å². The third-order valence-corrected chi connectivity index (χ3v) is 5.85. The Morgan fingerprint density at radius 2 is 1.79 bits per heavy atom. The van der Waals surface area contributed by atoms with Gasteiger partial charge in [-0.3, -0.25) is 19.8 Å². The number of ether oxygens (including phenoxy) is 2. The van der Waals surface area contributed by atoms with Crippen molar-refractivity contribution in [3.8, 4) is 11.5 Å². The summed E-state index contributed by atoms with van der Waals surface area (Å²) in [7, 11) is 0. The fourth-order valence-electron chi connectivity index (χ4n) is 4.16. The Kier molecular flexibility index (Phi) is 5.69. The molecule has 3 aromatic carbocycles. The van der Waals surface area contributed by atoms with Crippen molar-refractivity contribution in [1.82, 2.24) is 9.91 Å². The van der Waals surface area contributed by atoms with Crippen LogP contribution in [0.2, 0.25) is 0 Å². The van der Waals surface area contributed by atoms with E-state index in [9.17, 15) is 14.9 Å². The Morgan fingerprint density at radius 3 is 2.53 bits per heavy atom. The van der Waals surface area contributed by atoms with Gasteiger partial charge >= 0.3 is 0 Å². The van der Waals surface area contributed by atoms with Gasteiger partial charge in [-0.2, -0.15) is 5.10 Å². The molecule has 0 saturated carbocycles. The summed E-state index contributed by atoms with van der Waals surface area (Å²) in [6.45, 7) is 2.71. The summed E-state index contributed by atoms with van der Waals surface area (Å²) in [5, 5.41) is 17.1.